The van der Waals surface area contributed by atoms with E-state index >= 15 is 0 Å². The molecule has 0 aromatic rings. The molecule has 0 aromatic carbocycles. The summed E-state index contributed by atoms with van der Waals surface area (Å²) in [5.41, 5.74) is -0.593. The van der Waals surface area contributed by atoms with E-state index in [0.717, 1.165) is 0 Å². The molecule has 0 fully saturated rings. The van der Waals surface area contributed by atoms with Crippen molar-refractivity contribution in [1.29, 1.82) is 0 Å². The van der Waals surface area contributed by atoms with Crippen LogP contribution in [0.5, 0.6) is 0 Å². The summed E-state index contributed by atoms with van der Waals surface area (Å²) in [6.07, 6.45) is 0. The van der Waals surface area contributed by atoms with Crippen LogP contribution >= 0.6 is 0 Å². The highest BCUT2D eigenvalue weighted by atomic mass is 16.1. The second kappa shape index (κ2) is 4.51. The fourth-order valence-corrected chi connectivity index (χ4v) is 0.637. The van der Waals surface area contributed by atoms with E-state index in [1.165, 1.54) is 6.92 Å². The van der Waals surface area contributed by atoms with Crippen LogP contribution in [0.25, 0.3) is 0 Å². The molecule has 0 saturated heterocycles. The molecule has 0 rings (SSSR count). The molecule has 0 unspecified atom stereocenters. The Hall–Kier alpha value is -0.700. The monoisotopic (exact) mass is 185 g/mol. The third kappa shape index (κ3) is 4.18. The number of rotatable bonds is 5. The lowest BCUT2D eigenvalue weighted by Crippen LogP contribution is -2.48. The van der Waals surface area contributed by atoms with Gasteiger partial charge in [-0.25, -0.2) is 0 Å². The van der Waals surface area contributed by atoms with Gasteiger partial charge in [-0.15, -0.1) is 0 Å². The van der Waals surface area contributed by atoms with Crippen LogP contribution in [0.3, 0.4) is 0 Å². The summed E-state index contributed by atoms with van der Waals surface area (Å²) < 4.78 is 0. The summed E-state index contributed by atoms with van der Waals surface area (Å²) in [4.78, 5) is 22.3. The van der Waals surface area contributed by atoms with Crippen molar-refractivity contribution < 1.29 is 9.59 Å². The van der Waals surface area contributed by atoms with E-state index in [1.807, 2.05) is 13.8 Å². The Kier molecular flexibility index (Phi) is 4.27. The smallest absolute Gasteiger partial charge is 0.149 e. The van der Waals surface area contributed by atoms with Gasteiger partial charge in [0.15, 0.2) is 0 Å². The fourth-order valence-electron chi connectivity index (χ4n) is 0.637. The number of carbonyl (C=O) groups excluding carboxylic acids is 2. The second-order valence-corrected chi connectivity index (χ2v) is 4.16. The molecule has 0 amide bonds. The molecule has 0 aliphatic rings. The highest BCUT2D eigenvalue weighted by molar-refractivity contribution is 5.87. The van der Waals surface area contributed by atoms with Crippen LogP contribution in [0.2, 0.25) is 0 Å². The van der Waals surface area contributed by atoms with Crippen LogP contribution in [0.15, 0.2) is 0 Å². The predicted octanol–water partition coefficient (Wildman–Crippen LogP) is 1.17. The molecular formula is C10H19NO2. The highest BCUT2D eigenvalue weighted by Crippen LogP contribution is 2.03. The first-order valence-electron chi connectivity index (χ1n) is 4.56. The largest absolute Gasteiger partial charge is 0.298 e. The Morgan fingerprint density at radius 1 is 1.31 bits per heavy atom. The minimum Gasteiger partial charge on any atom is -0.298 e. The van der Waals surface area contributed by atoms with Crippen LogP contribution in [-0.4, -0.2) is 23.7 Å². The van der Waals surface area contributed by atoms with Crippen LogP contribution in [0.4, 0.5) is 0 Å². The fraction of sp³-hybridized carbons (Fsp3) is 0.800. The van der Waals surface area contributed by atoms with Gasteiger partial charge >= 0.3 is 0 Å². The summed E-state index contributed by atoms with van der Waals surface area (Å²) in [6.45, 7) is 9.05. The van der Waals surface area contributed by atoms with Gasteiger partial charge in [0.25, 0.3) is 0 Å². The number of Topliss-reactive ketones (excluding diaryl/α,β-unsaturated/α-hetero) is 2. The van der Waals surface area contributed by atoms with E-state index in [9.17, 15) is 9.59 Å². The van der Waals surface area contributed by atoms with Crippen LogP contribution < -0.4 is 5.32 Å². The Morgan fingerprint density at radius 2 is 1.77 bits per heavy atom. The van der Waals surface area contributed by atoms with Gasteiger partial charge in [0, 0.05) is 5.92 Å². The lowest BCUT2D eigenvalue weighted by atomic mass is 9.99. The van der Waals surface area contributed by atoms with Crippen molar-refractivity contribution in [3.63, 3.8) is 0 Å². The number of carbonyl (C=O) groups is 2. The molecule has 0 spiro atoms. The minimum atomic E-state index is -0.593. The predicted molar refractivity (Wildman–Crippen MR) is 52.6 cm³/mol. The highest BCUT2D eigenvalue weighted by Gasteiger charge is 2.23. The SMILES string of the molecule is CC(=O)C(C)(C)NCC(=O)C(C)C. The van der Waals surface area contributed by atoms with Gasteiger partial charge in [0.2, 0.25) is 0 Å². The first-order valence-corrected chi connectivity index (χ1v) is 4.56. The van der Waals surface area contributed by atoms with E-state index < -0.39 is 5.54 Å². The van der Waals surface area contributed by atoms with E-state index in [2.05, 4.69) is 5.32 Å². The third-order valence-corrected chi connectivity index (χ3v) is 2.23. The molecule has 3 nitrogen and oxygen atoms in total. The molecule has 0 saturated carbocycles. The summed E-state index contributed by atoms with van der Waals surface area (Å²) in [5.74, 6) is 0.202. The first-order chi connectivity index (χ1) is 5.77. The molecule has 0 radical (unpaired) electrons. The van der Waals surface area contributed by atoms with Crippen molar-refractivity contribution in [2.24, 2.45) is 5.92 Å². The van der Waals surface area contributed by atoms with Crippen molar-refractivity contribution >= 4 is 11.6 Å². The lowest BCUT2D eigenvalue weighted by Gasteiger charge is -2.22. The molecular weight excluding hydrogens is 166 g/mol. The first kappa shape index (κ1) is 12.3. The third-order valence-electron chi connectivity index (χ3n) is 2.23. The minimum absolute atomic E-state index is 0.0234. The molecule has 0 atom stereocenters. The number of nitrogens with one attached hydrogen (secondary N) is 1. The average Bonchev–Trinajstić information content (AvgIpc) is 1.99. The van der Waals surface area contributed by atoms with Gasteiger partial charge in [-0.3, -0.25) is 14.9 Å². The molecule has 0 aliphatic carbocycles. The van der Waals surface area contributed by atoms with E-state index in [-0.39, 0.29) is 24.0 Å². The summed E-state index contributed by atoms with van der Waals surface area (Å²) in [7, 11) is 0. The van der Waals surface area contributed by atoms with Gasteiger partial charge in [0.05, 0.1) is 12.1 Å². The molecule has 0 heterocycles. The second-order valence-electron chi connectivity index (χ2n) is 4.16. The number of hydrogen-bond donors (Lipinski definition) is 1. The molecule has 0 aliphatic heterocycles. The number of hydrogen-bond acceptors (Lipinski definition) is 3. The van der Waals surface area contributed by atoms with Crippen LogP contribution in [0, 0.1) is 5.92 Å². The summed E-state index contributed by atoms with van der Waals surface area (Å²) >= 11 is 0. The van der Waals surface area contributed by atoms with E-state index in [0.29, 0.717) is 0 Å². The molecule has 0 bridgehead atoms. The molecule has 0 aromatic heterocycles. The normalized spacial score (nSPS) is 11.8. The quantitative estimate of drug-likeness (QED) is 0.699. The Labute approximate surface area is 79.9 Å². The molecule has 3 heteroatoms. The zero-order valence-electron chi connectivity index (χ0n) is 9.10. The van der Waals surface area contributed by atoms with Gasteiger partial charge in [-0.1, -0.05) is 13.8 Å². The summed E-state index contributed by atoms with van der Waals surface area (Å²) in [6, 6.07) is 0. The maximum Gasteiger partial charge on any atom is 0.149 e. The lowest BCUT2D eigenvalue weighted by molar-refractivity contribution is -0.124. The topological polar surface area (TPSA) is 46.2 Å². The summed E-state index contributed by atoms with van der Waals surface area (Å²) in [5, 5.41) is 2.94. The Bertz CT molecular complexity index is 207. The van der Waals surface area contributed by atoms with Crippen LogP contribution in [0.1, 0.15) is 34.6 Å². The van der Waals surface area contributed by atoms with Gasteiger partial charge in [-0.2, -0.15) is 0 Å². The number of ketones is 2. The van der Waals surface area contributed by atoms with Gasteiger partial charge < -0.3 is 0 Å². The Balaban J connectivity index is 4.03. The zero-order valence-corrected chi connectivity index (χ0v) is 9.10. The van der Waals surface area contributed by atoms with E-state index in [4.69, 9.17) is 0 Å². The van der Waals surface area contributed by atoms with Crippen molar-refractivity contribution in [3.8, 4) is 0 Å². The van der Waals surface area contributed by atoms with Gasteiger partial charge in [0.1, 0.15) is 11.6 Å². The maximum absolute atomic E-state index is 11.2. The zero-order chi connectivity index (χ0) is 10.6. The van der Waals surface area contributed by atoms with Gasteiger partial charge in [-0.05, 0) is 20.8 Å². The molecule has 1 N–H and O–H groups in total. The van der Waals surface area contributed by atoms with Crippen molar-refractivity contribution in [2.45, 2.75) is 40.2 Å². The van der Waals surface area contributed by atoms with E-state index in [1.54, 1.807) is 13.8 Å². The van der Waals surface area contributed by atoms with Crippen molar-refractivity contribution in [1.82, 2.24) is 5.32 Å². The average molecular weight is 185 g/mol. The standard InChI is InChI=1S/C10H19NO2/c1-7(2)9(13)6-11-10(4,5)8(3)12/h7,11H,6H2,1-5H3. The maximum atomic E-state index is 11.2. The van der Waals surface area contributed by atoms with Crippen LogP contribution in [-0.2, 0) is 9.59 Å². The molecule has 76 valence electrons. The van der Waals surface area contributed by atoms with Crippen molar-refractivity contribution in [3.05, 3.63) is 0 Å². The molecule has 13 heavy (non-hydrogen) atoms. The van der Waals surface area contributed by atoms with Crippen molar-refractivity contribution in [2.75, 3.05) is 6.54 Å². The Morgan fingerprint density at radius 3 is 2.08 bits per heavy atom.